The maximum atomic E-state index is 13.6. The highest BCUT2D eigenvalue weighted by molar-refractivity contribution is 7.99. The third-order valence-corrected chi connectivity index (χ3v) is 5.25. The maximum absolute atomic E-state index is 13.6. The number of para-hydroxylation sites is 1. The predicted octanol–water partition coefficient (Wildman–Crippen LogP) is 2.17. The largest absolute Gasteiger partial charge is 0.323 e. The fraction of sp³-hybridized carbons (Fsp3) is 0.294. The molecular weight excluding hydrogens is 357 g/mol. The zero-order chi connectivity index (χ0) is 18.1. The van der Waals surface area contributed by atoms with E-state index in [9.17, 15) is 14.0 Å². The number of fused-ring (bicyclic) bond motifs is 3. The normalized spacial score (nSPS) is 13.6. The van der Waals surface area contributed by atoms with Gasteiger partial charge in [-0.25, -0.2) is 4.39 Å². The smallest absolute Gasteiger partial charge is 0.255 e. The second kappa shape index (κ2) is 6.91. The molecule has 0 saturated heterocycles. The van der Waals surface area contributed by atoms with Gasteiger partial charge in [0.05, 0.1) is 11.4 Å². The standard InChI is InChI=1S/C17H16FN5O2S/c18-11-6-2-3-7-12(11)19-14(24)9-26-17-22-21-16-20-15(25)10-5-1-4-8-13(10)23(16)17/h2-3,6-7H,1,4-5,8-9H2,(H,19,24)(H,20,21,25). The summed E-state index contributed by atoms with van der Waals surface area (Å²) in [6.45, 7) is 0. The van der Waals surface area contributed by atoms with E-state index in [1.165, 1.54) is 23.9 Å². The van der Waals surface area contributed by atoms with Gasteiger partial charge in [-0.2, -0.15) is 0 Å². The molecule has 3 aromatic rings. The van der Waals surface area contributed by atoms with Crippen LogP contribution in [-0.2, 0) is 17.6 Å². The number of carbonyl (C=O) groups is 1. The fourth-order valence-corrected chi connectivity index (χ4v) is 3.88. The van der Waals surface area contributed by atoms with Gasteiger partial charge in [-0.3, -0.25) is 19.0 Å². The summed E-state index contributed by atoms with van der Waals surface area (Å²) in [6, 6.07) is 6.01. The molecule has 1 aliphatic rings. The number of aromatic amines is 1. The number of thioether (sulfide) groups is 1. The molecule has 0 fully saturated rings. The van der Waals surface area contributed by atoms with Crippen LogP contribution in [0, 0.1) is 5.82 Å². The van der Waals surface area contributed by atoms with Crippen LogP contribution in [0.4, 0.5) is 10.1 Å². The highest BCUT2D eigenvalue weighted by atomic mass is 32.2. The molecule has 0 atom stereocenters. The van der Waals surface area contributed by atoms with Crippen LogP contribution in [0.3, 0.4) is 0 Å². The van der Waals surface area contributed by atoms with Gasteiger partial charge >= 0.3 is 0 Å². The highest BCUT2D eigenvalue weighted by Gasteiger charge is 2.20. The molecule has 0 radical (unpaired) electrons. The molecule has 0 aliphatic heterocycles. The molecule has 2 heterocycles. The molecule has 0 unspecified atom stereocenters. The lowest BCUT2D eigenvalue weighted by Crippen LogP contribution is -2.23. The quantitative estimate of drug-likeness (QED) is 0.684. The number of halogens is 1. The molecule has 0 spiro atoms. The van der Waals surface area contributed by atoms with Crippen LogP contribution in [0.5, 0.6) is 0 Å². The minimum atomic E-state index is -0.481. The number of hydrogen-bond donors (Lipinski definition) is 2. The van der Waals surface area contributed by atoms with Gasteiger partial charge in [-0.15, -0.1) is 10.2 Å². The average Bonchev–Trinajstić information content (AvgIpc) is 3.05. The first-order chi connectivity index (χ1) is 12.6. The molecule has 0 saturated carbocycles. The van der Waals surface area contributed by atoms with E-state index >= 15 is 0 Å². The number of nitrogens with zero attached hydrogens (tertiary/aromatic N) is 3. The zero-order valence-electron chi connectivity index (χ0n) is 13.8. The lowest BCUT2D eigenvalue weighted by atomic mass is 9.97. The van der Waals surface area contributed by atoms with E-state index in [0.29, 0.717) is 10.9 Å². The van der Waals surface area contributed by atoms with Crippen molar-refractivity contribution >= 4 is 29.1 Å². The minimum Gasteiger partial charge on any atom is -0.323 e. The molecule has 4 rings (SSSR count). The molecule has 1 aliphatic carbocycles. The summed E-state index contributed by atoms with van der Waals surface area (Å²) in [5, 5.41) is 11.2. The topological polar surface area (TPSA) is 92.2 Å². The Balaban J connectivity index is 1.55. The first-order valence-electron chi connectivity index (χ1n) is 8.30. The predicted molar refractivity (Wildman–Crippen MR) is 96.0 cm³/mol. The summed E-state index contributed by atoms with van der Waals surface area (Å²) >= 11 is 1.20. The van der Waals surface area contributed by atoms with E-state index in [-0.39, 0.29) is 22.9 Å². The van der Waals surface area contributed by atoms with Crippen LogP contribution in [0.25, 0.3) is 5.78 Å². The third kappa shape index (κ3) is 3.10. The van der Waals surface area contributed by atoms with Crippen molar-refractivity contribution in [3.63, 3.8) is 0 Å². The zero-order valence-corrected chi connectivity index (χ0v) is 14.6. The Morgan fingerprint density at radius 2 is 2.08 bits per heavy atom. The van der Waals surface area contributed by atoms with Crippen LogP contribution in [0.2, 0.25) is 0 Å². The van der Waals surface area contributed by atoms with Crippen LogP contribution < -0.4 is 10.9 Å². The van der Waals surface area contributed by atoms with Crippen LogP contribution in [0.15, 0.2) is 34.2 Å². The summed E-state index contributed by atoms with van der Waals surface area (Å²) < 4.78 is 15.4. The summed E-state index contributed by atoms with van der Waals surface area (Å²) in [5.41, 5.74) is 1.71. The first kappa shape index (κ1) is 16.8. The Morgan fingerprint density at radius 3 is 2.92 bits per heavy atom. The number of benzene rings is 1. The van der Waals surface area contributed by atoms with Gasteiger partial charge in [-0.1, -0.05) is 23.9 Å². The van der Waals surface area contributed by atoms with Crippen LogP contribution in [-0.4, -0.2) is 31.2 Å². The Labute approximate surface area is 152 Å². The van der Waals surface area contributed by atoms with Crippen molar-refractivity contribution in [3.05, 3.63) is 51.7 Å². The SMILES string of the molecule is O=C(CSc1nnc2[nH]c(=O)c3c(n12)CCCC3)Nc1ccccc1F. The van der Waals surface area contributed by atoms with Gasteiger partial charge in [0.25, 0.3) is 5.56 Å². The molecule has 1 aromatic carbocycles. The van der Waals surface area contributed by atoms with Gasteiger partial charge < -0.3 is 5.32 Å². The Hall–Kier alpha value is -2.68. The van der Waals surface area contributed by atoms with E-state index in [0.717, 1.165) is 36.9 Å². The first-order valence-corrected chi connectivity index (χ1v) is 9.28. The van der Waals surface area contributed by atoms with Crippen molar-refractivity contribution in [3.8, 4) is 0 Å². The van der Waals surface area contributed by atoms with Crippen molar-refractivity contribution in [1.29, 1.82) is 0 Å². The molecule has 1 amide bonds. The van der Waals surface area contributed by atoms with Crippen molar-refractivity contribution < 1.29 is 9.18 Å². The molecule has 26 heavy (non-hydrogen) atoms. The molecule has 7 nitrogen and oxygen atoms in total. The van der Waals surface area contributed by atoms with Gasteiger partial charge in [0.2, 0.25) is 11.7 Å². The van der Waals surface area contributed by atoms with E-state index in [1.807, 2.05) is 4.40 Å². The summed E-state index contributed by atoms with van der Waals surface area (Å²) in [5.74, 6) is -0.378. The monoisotopic (exact) mass is 373 g/mol. The summed E-state index contributed by atoms with van der Waals surface area (Å²) in [4.78, 5) is 27.0. The number of anilines is 1. The van der Waals surface area contributed by atoms with Crippen molar-refractivity contribution in [1.82, 2.24) is 19.6 Å². The number of H-pyrrole nitrogens is 1. The Kier molecular flexibility index (Phi) is 4.46. The molecule has 2 N–H and O–H groups in total. The number of carbonyl (C=O) groups excluding carboxylic acids is 1. The number of nitrogens with one attached hydrogen (secondary N) is 2. The van der Waals surface area contributed by atoms with Crippen molar-refractivity contribution in [2.45, 2.75) is 30.8 Å². The molecule has 0 bridgehead atoms. The Morgan fingerprint density at radius 1 is 1.27 bits per heavy atom. The van der Waals surface area contributed by atoms with Gasteiger partial charge in [0.1, 0.15) is 5.82 Å². The minimum absolute atomic E-state index is 0.0586. The van der Waals surface area contributed by atoms with Crippen molar-refractivity contribution in [2.24, 2.45) is 0 Å². The molecule has 134 valence electrons. The maximum Gasteiger partial charge on any atom is 0.255 e. The Bertz CT molecular complexity index is 1050. The fourth-order valence-electron chi connectivity index (χ4n) is 3.12. The number of aromatic nitrogens is 4. The average molecular weight is 373 g/mol. The van der Waals surface area contributed by atoms with Crippen LogP contribution in [0.1, 0.15) is 24.1 Å². The van der Waals surface area contributed by atoms with Crippen LogP contribution >= 0.6 is 11.8 Å². The van der Waals surface area contributed by atoms with Gasteiger partial charge in [0, 0.05) is 11.3 Å². The van der Waals surface area contributed by atoms with E-state index in [2.05, 4.69) is 20.5 Å². The second-order valence-electron chi connectivity index (χ2n) is 6.04. The second-order valence-corrected chi connectivity index (χ2v) is 6.99. The van der Waals surface area contributed by atoms with Gasteiger partial charge in [0.15, 0.2) is 5.16 Å². The summed E-state index contributed by atoms with van der Waals surface area (Å²) in [6.07, 6.45) is 3.50. The molecular formula is C17H16FN5O2S. The highest BCUT2D eigenvalue weighted by Crippen LogP contribution is 2.24. The lowest BCUT2D eigenvalue weighted by Gasteiger charge is -2.16. The molecule has 2 aromatic heterocycles. The lowest BCUT2D eigenvalue weighted by molar-refractivity contribution is -0.113. The number of hydrogen-bond acceptors (Lipinski definition) is 5. The number of aryl methyl sites for hydroxylation is 1. The third-order valence-electron chi connectivity index (χ3n) is 4.32. The van der Waals surface area contributed by atoms with E-state index in [4.69, 9.17) is 0 Å². The van der Waals surface area contributed by atoms with E-state index in [1.54, 1.807) is 12.1 Å². The van der Waals surface area contributed by atoms with Crippen molar-refractivity contribution in [2.75, 3.05) is 11.1 Å². The number of amides is 1. The van der Waals surface area contributed by atoms with Gasteiger partial charge in [-0.05, 0) is 37.8 Å². The molecule has 9 heteroatoms. The summed E-state index contributed by atoms with van der Waals surface area (Å²) in [7, 11) is 0. The number of rotatable bonds is 4. The van der Waals surface area contributed by atoms with E-state index < -0.39 is 5.82 Å².